The van der Waals surface area contributed by atoms with Crippen LogP contribution < -0.4 is 10.7 Å². The van der Waals surface area contributed by atoms with Gasteiger partial charge in [-0.15, -0.1) is 10.2 Å². The van der Waals surface area contributed by atoms with Crippen LogP contribution in [0, 0.1) is 0 Å². The van der Waals surface area contributed by atoms with Gasteiger partial charge in [0.1, 0.15) is 11.9 Å². The Morgan fingerprint density at radius 1 is 1.26 bits per heavy atom. The number of rotatable bonds is 7. The molecule has 0 bridgehead atoms. The maximum atomic E-state index is 12.9. The summed E-state index contributed by atoms with van der Waals surface area (Å²) in [7, 11) is 0. The lowest BCUT2D eigenvalue weighted by Crippen LogP contribution is -2.49. The SMILES string of the molecule is CCn1cnnc1SCC(=O)NN1C(=O)NC(CC)(c2ccccc2)C1=O. The van der Waals surface area contributed by atoms with Crippen LogP contribution in [0.3, 0.4) is 0 Å². The summed E-state index contributed by atoms with van der Waals surface area (Å²) in [4.78, 5) is 37.5. The zero-order valence-corrected chi connectivity index (χ0v) is 15.8. The van der Waals surface area contributed by atoms with Crippen LogP contribution in [-0.2, 0) is 21.7 Å². The zero-order valence-electron chi connectivity index (χ0n) is 15.0. The summed E-state index contributed by atoms with van der Waals surface area (Å²) >= 11 is 1.18. The first-order chi connectivity index (χ1) is 13.0. The molecule has 1 aliphatic rings. The van der Waals surface area contributed by atoms with Crippen molar-refractivity contribution in [2.45, 2.75) is 37.5 Å². The quantitative estimate of drug-likeness (QED) is 0.546. The largest absolute Gasteiger partial charge is 0.344 e. The van der Waals surface area contributed by atoms with Crippen LogP contribution in [0.4, 0.5) is 4.79 Å². The van der Waals surface area contributed by atoms with E-state index in [-0.39, 0.29) is 5.75 Å². The first kappa shape index (κ1) is 18.9. The molecule has 0 spiro atoms. The number of aryl methyl sites for hydroxylation is 1. The Labute approximate surface area is 160 Å². The molecule has 1 fully saturated rings. The van der Waals surface area contributed by atoms with Crippen LogP contribution in [0.25, 0.3) is 0 Å². The molecule has 0 aliphatic carbocycles. The van der Waals surface area contributed by atoms with E-state index in [1.54, 1.807) is 35.2 Å². The fourth-order valence-corrected chi connectivity index (χ4v) is 3.67. The van der Waals surface area contributed by atoms with E-state index < -0.39 is 23.4 Å². The molecule has 142 valence electrons. The molecule has 2 heterocycles. The third-order valence-corrected chi connectivity index (χ3v) is 5.36. The second-order valence-electron chi connectivity index (χ2n) is 5.92. The lowest BCUT2D eigenvalue weighted by atomic mass is 9.87. The van der Waals surface area contributed by atoms with Crippen molar-refractivity contribution >= 4 is 29.6 Å². The summed E-state index contributed by atoms with van der Waals surface area (Å²) in [6.07, 6.45) is 1.94. The van der Waals surface area contributed by atoms with Gasteiger partial charge in [-0.25, -0.2) is 4.79 Å². The molecule has 1 unspecified atom stereocenters. The van der Waals surface area contributed by atoms with Crippen LogP contribution in [0.5, 0.6) is 0 Å². The standard InChI is InChI=1S/C17H20N6O3S/c1-3-17(12-8-6-5-7-9-12)14(25)23(15(26)19-17)21-13(24)10-27-16-20-18-11-22(16)4-2/h5-9,11H,3-4,10H2,1-2H3,(H,19,26)(H,21,24). The topological polar surface area (TPSA) is 109 Å². The van der Waals surface area contributed by atoms with Gasteiger partial charge < -0.3 is 9.88 Å². The number of hydrogen-bond acceptors (Lipinski definition) is 6. The summed E-state index contributed by atoms with van der Waals surface area (Å²) in [6.45, 7) is 4.43. The number of thioether (sulfide) groups is 1. The van der Waals surface area contributed by atoms with Crippen molar-refractivity contribution in [2.24, 2.45) is 0 Å². The molecule has 10 heteroatoms. The molecule has 2 aromatic rings. The van der Waals surface area contributed by atoms with Crippen molar-refractivity contribution in [3.63, 3.8) is 0 Å². The average Bonchev–Trinajstić information content (AvgIpc) is 3.25. The minimum atomic E-state index is -1.18. The van der Waals surface area contributed by atoms with E-state index in [2.05, 4.69) is 20.9 Å². The Bertz CT molecular complexity index is 855. The Balaban J connectivity index is 1.69. The van der Waals surface area contributed by atoms with Gasteiger partial charge in [0.15, 0.2) is 5.16 Å². The van der Waals surface area contributed by atoms with E-state index in [9.17, 15) is 14.4 Å². The number of imide groups is 1. The number of aromatic nitrogens is 3. The maximum Gasteiger partial charge on any atom is 0.344 e. The van der Waals surface area contributed by atoms with Gasteiger partial charge in [-0.05, 0) is 18.9 Å². The predicted octanol–water partition coefficient (Wildman–Crippen LogP) is 1.28. The zero-order chi connectivity index (χ0) is 19.4. The van der Waals surface area contributed by atoms with E-state index in [0.29, 0.717) is 23.7 Å². The molecule has 27 heavy (non-hydrogen) atoms. The van der Waals surface area contributed by atoms with Crippen molar-refractivity contribution < 1.29 is 14.4 Å². The van der Waals surface area contributed by atoms with Gasteiger partial charge in [0.05, 0.1) is 5.75 Å². The first-order valence-electron chi connectivity index (χ1n) is 8.54. The number of urea groups is 1. The average molecular weight is 388 g/mol. The van der Waals surface area contributed by atoms with Gasteiger partial charge in [-0.3, -0.25) is 15.0 Å². The van der Waals surface area contributed by atoms with Gasteiger partial charge in [0.25, 0.3) is 5.91 Å². The highest BCUT2D eigenvalue weighted by atomic mass is 32.2. The Kier molecular flexibility index (Phi) is 5.45. The third-order valence-electron chi connectivity index (χ3n) is 4.38. The molecule has 0 radical (unpaired) electrons. The van der Waals surface area contributed by atoms with Crippen LogP contribution in [0.15, 0.2) is 41.8 Å². The molecule has 1 aliphatic heterocycles. The number of benzene rings is 1. The molecule has 2 N–H and O–H groups in total. The fourth-order valence-electron chi connectivity index (χ4n) is 2.90. The van der Waals surface area contributed by atoms with Gasteiger partial charge in [-0.2, -0.15) is 5.01 Å². The summed E-state index contributed by atoms with van der Waals surface area (Å²) < 4.78 is 1.79. The van der Waals surface area contributed by atoms with Crippen molar-refractivity contribution in [3.8, 4) is 0 Å². The Hall–Kier alpha value is -2.88. The predicted molar refractivity (Wildman–Crippen MR) is 98.4 cm³/mol. The third kappa shape index (κ3) is 3.52. The van der Waals surface area contributed by atoms with Gasteiger partial charge in [0, 0.05) is 6.54 Å². The molecule has 1 aromatic carbocycles. The van der Waals surface area contributed by atoms with E-state index in [4.69, 9.17) is 0 Å². The molecule has 1 saturated heterocycles. The molecular weight excluding hydrogens is 368 g/mol. The first-order valence-corrected chi connectivity index (χ1v) is 9.52. The van der Waals surface area contributed by atoms with Crippen molar-refractivity contribution in [1.29, 1.82) is 0 Å². The van der Waals surface area contributed by atoms with Crippen molar-refractivity contribution in [1.82, 2.24) is 30.5 Å². The number of hydrazine groups is 1. The Morgan fingerprint density at radius 2 is 2.00 bits per heavy atom. The highest BCUT2D eigenvalue weighted by Gasteiger charge is 2.52. The van der Waals surface area contributed by atoms with Gasteiger partial charge >= 0.3 is 6.03 Å². The molecule has 9 nitrogen and oxygen atoms in total. The molecule has 1 aromatic heterocycles. The highest BCUT2D eigenvalue weighted by Crippen LogP contribution is 2.31. The number of amides is 4. The Morgan fingerprint density at radius 3 is 2.67 bits per heavy atom. The summed E-state index contributed by atoms with van der Waals surface area (Å²) in [6, 6.07) is 8.34. The molecule has 4 amide bonds. The number of nitrogens with one attached hydrogen (secondary N) is 2. The van der Waals surface area contributed by atoms with E-state index in [1.165, 1.54) is 11.8 Å². The number of carbonyl (C=O) groups excluding carboxylic acids is 3. The summed E-state index contributed by atoms with van der Waals surface area (Å²) in [5.41, 5.74) is 1.89. The lowest BCUT2D eigenvalue weighted by molar-refractivity contribution is -0.138. The fraction of sp³-hybridized carbons (Fsp3) is 0.353. The van der Waals surface area contributed by atoms with Crippen LogP contribution in [-0.4, -0.2) is 43.4 Å². The van der Waals surface area contributed by atoms with E-state index in [0.717, 1.165) is 5.01 Å². The minimum Gasteiger partial charge on any atom is -0.318 e. The highest BCUT2D eigenvalue weighted by molar-refractivity contribution is 7.99. The molecule has 0 saturated carbocycles. The van der Waals surface area contributed by atoms with Crippen LogP contribution in [0.2, 0.25) is 0 Å². The monoisotopic (exact) mass is 388 g/mol. The van der Waals surface area contributed by atoms with Crippen LogP contribution in [0.1, 0.15) is 25.8 Å². The second-order valence-corrected chi connectivity index (χ2v) is 6.86. The normalized spacial score (nSPS) is 19.3. The smallest absolute Gasteiger partial charge is 0.318 e. The van der Waals surface area contributed by atoms with Gasteiger partial charge in [-0.1, -0.05) is 49.0 Å². The second kappa shape index (κ2) is 7.78. The summed E-state index contributed by atoms with van der Waals surface area (Å²) in [5.74, 6) is -0.981. The molecular formula is C17H20N6O3S. The molecule has 3 rings (SSSR count). The molecule has 1 atom stereocenters. The van der Waals surface area contributed by atoms with Crippen molar-refractivity contribution in [2.75, 3.05) is 5.75 Å². The number of nitrogens with zero attached hydrogens (tertiary/aromatic N) is 4. The van der Waals surface area contributed by atoms with E-state index in [1.807, 2.05) is 19.9 Å². The minimum absolute atomic E-state index is 0.000214. The van der Waals surface area contributed by atoms with E-state index >= 15 is 0 Å². The lowest BCUT2D eigenvalue weighted by Gasteiger charge is -2.25. The van der Waals surface area contributed by atoms with Gasteiger partial charge in [0.2, 0.25) is 5.91 Å². The van der Waals surface area contributed by atoms with Crippen molar-refractivity contribution in [3.05, 3.63) is 42.2 Å². The summed E-state index contributed by atoms with van der Waals surface area (Å²) in [5, 5.41) is 11.8. The number of hydrogen-bond donors (Lipinski definition) is 2. The maximum absolute atomic E-state index is 12.9. The number of carbonyl (C=O) groups is 3. The van der Waals surface area contributed by atoms with Crippen LogP contribution >= 0.6 is 11.8 Å².